The highest BCUT2D eigenvalue weighted by atomic mass is 35.5. The average molecular weight is 548 g/mol. The van der Waals surface area contributed by atoms with Gasteiger partial charge in [0.05, 0.1) is 31.5 Å². The summed E-state index contributed by atoms with van der Waals surface area (Å²) in [6, 6.07) is 14.1. The molecule has 204 valence electrons. The van der Waals surface area contributed by atoms with Crippen molar-refractivity contribution in [3.63, 3.8) is 0 Å². The van der Waals surface area contributed by atoms with Gasteiger partial charge in [0.1, 0.15) is 5.75 Å². The summed E-state index contributed by atoms with van der Waals surface area (Å²) in [4.78, 5) is 0. The molecule has 37 heavy (non-hydrogen) atoms. The third-order valence-corrected chi connectivity index (χ3v) is 8.88. The Morgan fingerprint density at radius 3 is 2.59 bits per heavy atom. The van der Waals surface area contributed by atoms with Crippen molar-refractivity contribution in [3.05, 3.63) is 64.2 Å². The molecule has 7 heteroatoms. The van der Waals surface area contributed by atoms with Gasteiger partial charge in [-0.25, -0.2) is 0 Å². The molecule has 2 aromatic rings. The Kier molecular flexibility index (Phi) is 11.9. The molecule has 3 unspecified atom stereocenters. The molecule has 1 saturated heterocycles. The van der Waals surface area contributed by atoms with Gasteiger partial charge in [-0.2, -0.15) is 0 Å². The second-order valence-corrected chi connectivity index (χ2v) is 12.0. The highest BCUT2D eigenvalue weighted by molar-refractivity contribution is 7.98. The van der Waals surface area contributed by atoms with E-state index in [1.54, 1.807) is 0 Å². The van der Waals surface area contributed by atoms with Crippen LogP contribution in [-0.2, 0) is 11.2 Å². The first-order valence-electron chi connectivity index (χ1n) is 13.9. The Hall–Kier alpha value is -1.28. The molecule has 0 spiro atoms. The number of halogens is 1. The first-order chi connectivity index (χ1) is 18.1. The number of hydrogen-bond acceptors (Lipinski definition) is 6. The minimum atomic E-state index is -0.468. The standard InChI is InChI=1S/C30H42ClNO4S/c31-29-14-11-23(30-20-25(34)19-27(21-33)36-30)18-24(29)17-22-9-12-26(13-10-22)35-16-6-2-5-15-32-37-28-7-3-1-4-8-28/h9-14,18,25,27-28,30,32-34H,1-8,15-17,19-21H2. The van der Waals surface area contributed by atoms with Crippen LogP contribution >= 0.6 is 23.5 Å². The van der Waals surface area contributed by atoms with Crippen molar-refractivity contribution in [3.8, 4) is 5.75 Å². The summed E-state index contributed by atoms with van der Waals surface area (Å²) in [7, 11) is 0. The molecular weight excluding hydrogens is 506 g/mol. The van der Waals surface area contributed by atoms with Crippen LogP contribution in [0.15, 0.2) is 42.5 Å². The van der Waals surface area contributed by atoms with Gasteiger partial charge >= 0.3 is 0 Å². The Morgan fingerprint density at radius 1 is 1.00 bits per heavy atom. The van der Waals surface area contributed by atoms with Gasteiger partial charge in [0, 0.05) is 29.7 Å². The molecular formula is C30H42ClNO4S. The fourth-order valence-corrected chi connectivity index (χ4v) is 6.45. The smallest absolute Gasteiger partial charge is 0.119 e. The zero-order chi connectivity index (χ0) is 25.9. The second-order valence-electron chi connectivity index (χ2n) is 10.4. The van der Waals surface area contributed by atoms with E-state index in [9.17, 15) is 10.2 Å². The predicted octanol–water partition coefficient (Wildman–Crippen LogP) is 6.62. The third kappa shape index (κ3) is 9.45. The van der Waals surface area contributed by atoms with Crippen LogP contribution in [0.2, 0.25) is 5.02 Å². The molecule has 0 amide bonds. The molecule has 3 atom stereocenters. The average Bonchev–Trinajstić information content (AvgIpc) is 2.92. The summed E-state index contributed by atoms with van der Waals surface area (Å²) in [5, 5.41) is 21.2. The summed E-state index contributed by atoms with van der Waals surface area (Å²) in [6.07, 6.45) is 11.0. The Balaban J connectivity index is 1.17. The largest absolute Gasteiger partial charge is 0.494 e. The first-order valence-corrected chi connectivity index (χ1v) is 15.2. The Morgan fingerprint density at radius 2 is 1.81 bits per heavy atom. The van der Waals surface area contributed by atoms with Crippen LogP contribution in [0.4, 0.5) is 0 Å². The maximum Gasteiger partial charge on any atom is 0.119 e. The second kappa shape index (κ2) is 15.3. The minimum absolute atomic E-state index is 0.0842. The number of aliphatic hydroxyl groups excluding tert-OH is 2. The lowest BCUT2D eigenvalue weighted by Crippen LogP contribution is -2.33. The molecule has 3 N–H and O–H groups in total. The summed E-state index contributed by atoms with van der Waals surface area (Å²) in [5.41, 5.74) is 3.16. The van der Waals surface area contributed by atoms with Crippen LogP contribution in [0, 0.1) is 0 Å². The number of hydrogen-bond donors (Lipinski definition) is 3. The SMILES string of the molecule is OCC1CC(O)CC(c2ccc(Cl)c(Cc3ccc(OCCCCCNSC4CCCCC4)cc3)c2)O1. The van der Waals surface area contributed by atoms with Crippen LogP contribution in [0.1, 0.15) is 87.0 Å². The van der Waals surface area contributed by atoms with E-state index in [1.807, 2.05) is 36.2 Å². The van der Waals surface area contributed by atoms with Crippen molar-refractivity contribution in [2.45, 2.75) is 94.2 Å². The van der Waals surface area contributed by atoms with Gasteiger partial charge < -0.3 is 19.7 Å². The van der Waals surface area contributed by atoms with E-state index in [4.69, 9.17) is 21.1 Å². The van der Waals surface area contributed by atoms with Crippen molar-refractivity contribution in [2.75, 3.05) is 19.8 Å². The van der Waals surface area contributed by atoms with Gasteiger partial charge in [-0.15, -0.1) is 0 Å². The number of aliphatic hydroxyl groups is 2. The van der Waals surface area contributed by atoms with Gasteiger partial charge in [-0.1, -0.05) is 67.1 Å². The van der Waals surface area contributed by atoms with Crippen LogP contribution in [0.25, 0.3) is 0 Å². The van der Waals surface area contributed by atoms with E-state index < -0.39 is 6.10 Å². The summed E-state index contributed by atoms with van der Waals surface area (Å²) in [5.74, 6) is 0.897. The van der Waals surface area contributed by atoms with Gasteiger partial charge in [0.2, 0.25) is 0 Å². The van der Waals surface area contributed by atoms with Crippen LogP contribution in [0.5, 0.6) is 5.75 Å². The zero-order valence-electron chi connectivity index (χ0n) is 21.7. The molecule has 1 heterocycles. The topological polar surface area (TPSA) is 71.0 Å². The summed E-state index contributed by atoms with van der Waals surface area (Å²) in [6.45, 7) is 1.74. The number of rotatable bonds is 13. The Labute approximate surface area is 231 Å². The predicted molar refractivity (Wildman–Crippen MR) is 152 cm³/mol. The lowest BCUT2D eigenvalue weighted by molar-refractivity contribution is -0.113. The molecule has 1 aliphatic carbocycles. The van der Waals surface area contributed by atoms with E-state index in [2.05, 4.69) is 22.9 Å². The molecule has 2 aromatic carbocycles. The molecule has 1 saturated carbocycles. The maximum absolute atomic E-state index is 10.2. The number of unbranched alkanes of at least 4 members (excludes halogenated alkanes) is 2. The number of ether oxygens (including phenoxy) is 2. The lowest BCUT2D eigenvalue weighted by atomic mass is 9.94. The van der Waals surface area contributed by atoms with Gasteiger partial charge in [0.15, 0.2) is 0 Å². The van der Waals surface area contributed by atoms with Crippen LogP contribution in [-0.4, -0.2) is 47.4 Å². The van der Waals surface area contributed by atoms with E-state index in [1.165, 1.54) is 44.9 Å². The van der Waals surface area contributed by atoms with Gasteiger partial charge in [-0.3, -0.25) is 4.72 Å². The molecule has 0 aromatic heterocycles. The quantitative estimate of drug-likeness (QED) is 0.193. The molecule has 4 rings (SSSR count). The minimum Gasteiger partial charge on any atom is -0.494 e. The van der Waals surface area contributed by atoms with Gasteiger partial charge in [0.25, 0.3) is 0 Å². The fraction of sp³-hybridized carbons (Fsp3) is 0.600. The first kappa shape index (κ1) is 28.7. The fourth-order valence-electron chi connectivity index (χ4n) is 5.20. The molecule has 5 nitrogen and oxygen atoms in total. The van der Waals surface area contributed by atoms with E-state index in [-0.39, 0.29) is 18.8 Å². The third-order valence-electron chi connectivity index (χ3n) is 7.34. The van der Waals surface area contributed by atoms with Gasteiger partial charge in [-0.05, 0) is 73.4 Å². The maximum atomic E-state index is 10.2. The number of nitrogens with one attached hydrogen (secondary N) is 1. The monoisotopic (exact) mass is 547 g/mol. The normalized spacial score (nSPS) is 22.7. The molecule has 1 aliphatic heterocycles. The zero-order valence-corrected chi connectivity index (χ0v) is 23.3. The van der Waals surface area contributed by atoms with Crippen LogP contribution < -0.4 is 9.46 Å². The van der Waals surface area contributed by atoms with E-state index in [0.717, 1.165) is 47.3 Å². The lowest BCUT2D eigenvalue weighted by Gasteiger charge is -2.32. The van der Waals surface area contributed by atoms with E-state index in [0.29, 0.717) is 24.3 Å². The van der Waals surface area contributed by atoms with Crippen molar-refractivity contribution in [2.24, 2.45) is 0 Å². The van der Waals surface area contributed by atoms with Crippen LogP contribution in [0.3, 0.4) is 0 Å². The summed E-state index contributed by atoms with van der Waals surface area (Å²) < 4.78 is 15.5. The van der Waals surface area contributed by atoms with E-state index >= 15 is 0 Å². The van der Waals surface area contributed by atoms with Crippen molar-refractivity contribution in [1.29, 1.82) is 0 Å². The highest BCUT2D eigenvalue weighted by Crippen LogP contribution is 2.34. The summed E-state index contributed by atoms with van der Waals surface area (Å²) >= 11 is 8.46. The number of benzene rings is 2. The molecule has 2 fully saturated rings. The van der Waals surface area contributed by atoms with Crippen molar-refractivity contribution < 1.29 is 19.7 Å². The Bertz CT molecular complexity index is 938. The molecule has 0 radical (unpaired) electrons. The molecule has 0 bridgehead atoms. The highest BCUT2D eigenvalue weighted by Gasteiger charge is 2.29. The molecule has 2 aliphatic rings. The van der Waals surface area contributed by atoms with Crippen molar-refractivity contribution >= 4 is 23.5 Å². The van der Waals surface area contributed by atoms with Crippen molar-refractivity contribution in [1.82, 2.24) is 4.72 Å².